The molecule has 1 rings (SSSR count). The van der Waals surface area contributed by atoms with E-state index < -0.39 is 0 Å². The molecule has 0 aliphatic carbocycles. The largest absolute Gasteiger partial charge is 0.388 e. The minimum Gasteiger partial charge on any atom is -0.388 e. The molecule has 56 valence electrons. The molecule has 1 saturated heterocycles. The summed E-state index contributed by atoms with van der Waals surface area (Å²) in [6.45, 7) is 0.861. The third-order valence-corrected chi connectivity index (χ3v) is 0.374. The van der Waals surface area contributed by atoms with E-state index in [1.54, 1.807) is 14.2 Å². The Bertz CT molecular complexity index is 32.7. The van der Waals surface area contributed by atoms with Crippen molar-refractivity contribution in [1.29, 1.82) is 0 Å². The molecule has 0 aromatic rings. The molecule has 5 nitrogen and oxygen atoms in total. The number of hydrogen-bond donors (Lipinski definition) is 0. The second-order valence-electron chi connectivity index (χ2n) is 1.19. The SMILES string of the molecule is C1COOOO1.COC. The smallest absolute Gasteiger partial charge is 0.112 e. The van der Waals surface area contributed by atoms with Crippen LogP contribution in [0.1, 0.15) is 0 Å². The lowest BCUT2D eigenvalue weighted by atomic mass is 10.8. The summed E-state index contributed by atoms with van der Waals surface area (Å²) in [5.41, 5.74) is 0. The Balaban J connectivity index is 0.000000187. The van der Waals surface area contributed by atoms with E-state index in [1.807, 2.05) is 0 Å². The van der Waals surface area contributed by atoms with Gasteiger partial charge in [0.1, 0.15) is 13.2 Å². The highest BCUT2D eigenvalue weighted by Gasteiger charge is 1.97. The average molecular weight is 138 g/mol. The van der Waals surface area contributed by atoms with Crippen LogP contribution in [0.15, 0.2) is 0 Å². The first kappa shape index (κ1) is 8.80. The second-order valence-corrected chi connectivity index (χ2v) is 1.19. The Morgan fingerprint density at radius 3 is 1.44 bits per heavy atom. The van der Waals surface area contributed by atoms with E-state index in [9.17, 15) is 0 Å². The Morgan fingerprint density at radius 1 is 1.00 bits per heavy atom. The van der Waals surface area contributed by atoms with E-state index >= 15 is 0 Å². The van der Waals surface area contributed by atoms with Gasteiger partial charge in [-0.2, -0.15) is 0 Å². The van der Waals surface area contributed by atoms with E-state index in [4.69, 9.17) is 0 Å². The molecule has 0 saturated carbocycles. The third-order valence-electron chi connectivity index (χ3n) is 0.374. The van der Waals surface area contributed by atoms with Crippen molar-refractivity contribution < 1.29 is 24.6 Å². The van der Waals surface area contributed by atoms with Crippen LogP contribution in [-0.4, -0.2) is 27.4 Å². The van der Waals surface area contributed by atoms with Crippen LogP contribution in [0.25, 0.3) is 0 Å². The molecule has 1 aliphatic rings. The van der Waals surface area contributed by atoms with Gasteiger partial charge in [-0.3, -0.25) is 0 Å². The van der Waals surface area contributed by atoms with E-state index in [0.717, 1.165) is 0 Å². The summed E-state index contributed by atoms with van der Waals surface area (Å²) in [5.74, 6) is 0. The van der Waals surface area contributed by atoms with Crippen LogP contribution in [0.5, 0.6) is 0 Å². The van der Waals surface area contributed by atoms with Gasteiger partial charge in [-0.15, -0.1) is 0 Å². The monoisotopic (exact) mass is 138 g/mol. The van der Waals surface area contributed by atoms with E-state index in [1.165, 1.54) is 0 Å². The maximum Gasteiger partial charge on any atom is 0.112 e. The van der Waals surface area contributed by atoms with Gasteiger partial charge in [0, 0.05) is 14.2 Å². The van der Waals surface area contributed by atoms with Crippen LogP contribution in [0.4, 0.5) is 0 Å². The van der Waals surface area contributed by atoms with Gasteiger partial charge in [0.15, 0.2) is 0 Å². The number of ether oxygens (including phenoxy) is 1. The zero-order chi connectivity index (χ0) is 6.95. The number of rotatable bonds is 0. The minimum atomic E-state index is 0.431. The first-order valence-electron chi connectivity index (χ1n) is 2.39. The van der Waals surface area contributed by atoms with Gasteiger partial charge in [0.25, 0.3) is 0 Å². The Hall–Kier alpha value is -0.200. The fourth-order valence-corrected chi connectivity index (χ4v) is 0.175. The zero-order valence-electron chi connectivity index (χ0n) is 5.46. The summed E-state index contributed by atoms with van der Waals surface area (Å²) in [6, 6.07) is 0. The molecule has 0 radical (unpaired) electrons. The molecule has 5 heteroatoms. The maximum atomic E-state index is 4.25. The summed E-state index contributed by atoms with van der Waals surface area (Å²) >= 11 is 0. The van der Waals surface area contributed by atoms with Crippen LogP contribution < -0.4 is 0 Å². The van der Waals surface area contributed by atoms with Crippen molar-refractivity contribution in [3.8, 4) is 0 Å². The summed E-state index contributed by atoms with van der Waals surface area (Å²) < 4.78 is 4.25. The summed E-state index contributed by atoms with van der Waals surface area (Å²) in [7, 11) is 3.25. The molecule has 0 spiro atoms. The fourth-order valence-electron chi connectivity index (χ4n) is 0.175. The molecule has 0 amide bonds. The first-order valence-corrected chi connectivity index (χ1v) is 2.39. The van der Waals surface area contributed by atoms with Gasteiger partial charge in [0.05, 0.1) is 0 Å². The molecule has 0 aromatic heterocycles. The van der Waals surface area contributed by atoms with Crippen molar-refractivity contribution in [2.24, 2.45) is 0 Å². The van der Waals surface area contributed by atoms with Gasteiger partial charge in [-0.25, -0.2) is 9.78 Å². The lowest BCUT2D eigenvalue weighted by Crippen LogP contribution is -2.12. The van der Waals surface area contributed by atoms with Gasteiger partial charge < -0.3 is 4.74 Å². The van der Waals surface area contributed by atoms with Crippen molar-refractivity contribution in [1.82, 2.24) is 0 Å². The van der Waals surface area contributed by atoms with E-state index in [0.29, 0.717) is 13.2 Å². The highest BCUT2D eigenvalue weighted by molar-refractivity contribution is 4.14. The van der Waals surface area contributed by atoms with Gasteiger partial charge >= 0.3 is 0 Å². The van der Waals surface area contributed by atoms with Crippen LogP contribution in [-0.2, 0) is 24.6 Å². The van der Waals surface area contributed by atoms with Crippen molar-refractivity contribution in [2.75, 3.05) is 27.4 Å². The normalized spacial score (nSPS) is 18.0. The molecule has 0 bridgehead atoms. The minimum absolute atomic E-state index is 0.431. The molecular weight excluding hydrogens is 128 g/mol. The third kappa shape index (κ3) is 7.80. The second kappa shape index (κ2) is 7.80. The van der Waals surface area contributed by atoms with Gasteiger partial charge in [-0.05, 0) is 10.1 Å². The Kier molecular flexibility index (Phi) is 7.63. The molecule has 0 atom stereocenters. The predicted octanol–water partition coefficient (Wildman–Crippen LogP) is 0.0740. The molecule has 1 heterocycles. The highest BCUT2D eigenvalue weighted by Crippen LogP contribution is 1.89. The molecule has 0 N–H and O–H groups in total. The molecule has 9 heavy (non-hydrogen) atoms. The average Bonchev–Trinajstić information content (AvgIpc) is 1.93. The lowest BCUT2D eigenvalue weighted by Gasteiger charge is -2.05. The molecular formula is C4H10O5. The standard InChI is InChI=1S/C2H4O4.C2H6O/c1-2-4-6-5-3-1;1-3-2/h1-2H2;1-2H3. The first-order chi connectivity index (χ1) is 4.41. The molecule has 1 fully saturated rings. The topological polar surface area (TPSA) is 46.2 Å². The van der Waals surface area contributed by atoms with Crippen molar-refractivity contribution in [3.63, 3.8) is 0 Å². The number of methoxy groups -OCH3 is 1. The summed E-state index contributed by atoms with van der Waals surface area (Å²) in [4.78, 5) is 8.44. The maximum absolute atomic E-state index is 4.25. The van der Waals surface area contributed by atoms with Crippen LogP contribution in [0, 0.1) is 0 Å². The highest BCUT2D eigenvalue weighted by atomic mass is 17.7. The van der Waals surface area contributed by atoms with E-state index in [-0.39, 0.29) is 0 Å². The Morgan fingerprint density at radius 2 is 1.33 bits per heavy atom. The quantitative estimate of drug-likeness (QED) is 0.443. The summed E-state index contributed by atoms with van der Waals surface area (Å²) in [6.07, 6.45) is 0. The molecule has 0 unspecified atom stereocenters. The van der Waals surface area contributed by atoms with Crippen molar-refractivity contribution in [3.05, 3.63) is 0 Å². The predicted molar refractivity (Wildman–Crippen MR) is 27.0 cm³/mol. The fraction of sp³-hybridized carbons (Fsp3) is 1.00. The molecule has 0 aromatic carbocycles. The number of hydrogen-bond acceptors (Lipinski definition) is 5. The molecule has 1 aliphatic heterocycles. The van der Waals surface area contributed by atoms with Crippen LogP contribution >= 0.6 is 0 Å². The van der Waals surface area contributed by atoms with Crippen LogP contribution in [0.3, 0.4) is 0 Å². The van der Waals surface area contributed by atoms with Crippen molar-refractivity contribution >= 4 is 0 Å². The van der Waals surface area contributed by atoms with Gasteiger partial charge in [-0.1, -0.05) is 0 Å². The van der Waals surface area contributed by atoms with Crippen LogP contribution in [0.2, 0.25) is 0 Å². The summed E-state index contributed by atoms with van der Waals surface area (Å²) in [5, 5.41) is 7.69. The lowest BCUT2D eigenvalue weighted by molar-refractivity contribution is -0.663. The Labute approximate surface area is 53.2 Å². The zero-order valence-corrected chi connectivity index (χ0v) is 5.46. The van der Waals surface area contributed by atoms with Crippen molar-refractivity contribution in [2.45, 2.75) is 0 Å². The van der Waals surface area contributed by atoms with Gasteiger partial charge in [0.2, 0.25) is 0 Å². The van der Waals surface area contributed by atoms with E-state index in [2.05, 4.69) is 24.6 Å².